The van der Waals surface area contributed by atoms with Crippen LogP contribution in [0.3, 0.4) is 0 Å². The number of carbonyl (C=O) groups excluding carboxylic acids is 2. The number of halogens is 3. The van der Waals surface area contributed by atoms with Gasteiger partial charge in [-0.3, -0.25) is 9.59 Å². The lowest BCUT2D eigenvalue weighted by Crippen LogP contribution is -2.32. The topological polar surface area (TPSA) is 49.4 Å². The van der Waals surface area contributed by atoms with Gasteiger partial charge < -0.3 is 5.32 Å². The predicted octanol–water partition coefficient (Wildman–Crippen LogP) is 4.53. The number of hydrogen-bond acceptors (Lipinski definition) is 3. The molecule has 128 valence electrons. The number of anilines is 2. The van der Waals surface area contributed by atoms with Gasteiger partial charge in [0.15, 0.2) is 0 Å². The third kappa shape index (κ3) is 3.25. The summed E-state index contributed by atoms with van der Waals surface area (Å²) in [4.78, 5) is 25.9. The number of imide groups is 1. The van der Waals surface area contributed by atoms with E-state index in [1.165, 1.54) is 12.1 Å². The van der Waals surface area contributed by atoms with Crippen LogP contribution in [-0.2, 0) is 9.59 Å². The Kier molecular flexibility index (Phi) is 4.54. The fourth-order valence-electron chi connectivity index (χ4n) is 2.66. The highest BCUT2D eigenvalue weighted by atomic mass is 35.5. The fraction of sp³-hybridized carbons (Fsp3) is 0.111. The van der Waals surface area contributed by atoms with Gasteiger partial charge in [-0.05, 0) is 55.3 Å². The molecule has 4 nitrogen and oxygen atoms in total. The minimum absolute atomic E-state index is 0.0304. The molecule has 0 atom stereocenters. The van der Waals surface area contributed by atoms with Crippen molar-refractivity contribution in [3.63, 3.8) is 0 Å². The second kappa shape index (κ2) is 6.50. The number of nitrogens with zero attached hydrogens (tertiary/aromatic N) is 1. The van der Waals surface area contributed by atoms with Crippen molar-refractivity contribution in [2.45, 2.75) is 13.8 Å². The van der Waals surface area contributed by atoms with E-state index in [9.17, 15) is 14.0 Å². The van der Waals surface area contributed by atoms with Crippen LogP contribution in [0.15, 0.2) is 47.1 Å². The zero-order valence-corrected chi connectivity index (χ0v) is 14.9. The van der Waals surface area contributed by atoms with Gasteiger partial charge in [-0.15, -0.1) is 0 Å². The van der Waals surface area contributed by atoms with Gasteiger partial charge in [-0.25, -0.2) is 9.29 Å². The number of carbonyl (C=O) groups is 2. The Labute approximate surface area is 153 Å². The van der Waals surface area contributed by atoms with Crippen molar-refractivity contribution in [2.24, 2.45) is 0 Å². The van der Waals surface area contributed by atoms with Crippen molar-refractivity contribution in [2.75, 3.05) is 10.2 Å². The SMILES string of the molecule is Cc1cc(C)cc(NC2=C(Cl)C(=O)N(c3ccc(F)c(Cl)c3)C2=O)c1. The molecule has 25 heavy (non-hydrogen) atoms. The Hall–Kier alpha value is -2.37. The smallest absolute Gasteiger partial charge is 0.283 e. The summed E-state index contributed by atoms with van der Waals surface area (Å²) < 4.78 is 13.3. The standard InChI is InChI=1S/C18H13Cl2FN2O2/c1-9-5-10(2)7-11(6-9)22-16-15(20)17(24)23(18(16)25)12-3-4-14(21)13(19)8-12/h3-8,22H,1-2H3. The molecule has 2 aromatic rings. The van der Waals surface area contributed by atoms with Crippen LogP contribution in [-0.4, -0.2) is 11.8 Å². The molecule has 0 unspecified atom stereocenters. The molecule has 0 spiro atoms. The monoisotopic (exact) mass is 378 g/mol. The number of amides is 2. The molecular formula is C18H13Cl2FN2O2. The van der Waals surface area contributed by atoms with Gasteiger partial charge in [0, 0.05) is 5.69 Å². The largest absolute Gasteiger partial charge is 0.350 e. The zero-order chi connectivity index (χ0) is 18.3. The number of aryl methyl sites for hydroxylation is 2. The first-order valence-corrected chi connectivity index (χ1v) is 8.12. The Morgan fingerprint density at radius 2 is 1.60 bits per heavy atom. The lowest BCUT2D eigenvalue weighted by atomic mass is 10.1. The van der Waals surface area contributed by atoms with E-state index in [1.807, 2.05) is 32.0 Å². The number of nitrogens with one attached hydrogen (secondary N) is 1. The van der Waals surface area contributed by atoms with Crippen LogP contribution in [0.5, 0.6) is 0 Å². The average Bonchev–Trinajstić information content (AvgIpc) is 2.73. The van der Waals surface area contributed by atoms with Gasteiger partial charge >= 0.3 is 0 Å². The lowest BCUT2D eigenvalue weighted by Gasteiger charge is -2.15. The molecule has 0 bridgehead atoms. The van der Waals surface area contributed by atoms with Crippen LogP contribution in [0, 0.1) is 19.7 Å². The molecule has 1 heterocycles. The summed E-state index contributed by atoms with van der Waals surface area (Å²) >= 11 is 11.8. The van der Waals surface area contributed by atoms with Crippen molar-refractivity contribution in [1.29, 1.82) is 0 Å². The van der Waals surface area contributed by atoms with E-state index in [0.717, 1.165) is 22.1 Å². The van der Waals surface area contributed by atoms with Crippen molar-refractivity contribution < 1.29 is 14.0 Å². The molecule has 0 aliphatic carbocycles. The van der Waals surface area contributed by atoms with Crippen molar-refractivity contribution in [3.05, 3.63) is 69.1 Å². The van der Waals surface area contributed by atoms with Gasteiger partial charge in [0.05, 0.1) is 10.7 Å². The van der Waals surface area contributed by atoms with Crippen LogP contribution < -0.4 is 10.2 Å². The van der Waals surface area contributed by atoms with Crippen molar-refractivity contribution in [3.8, 4) is 0 Å². The zero-order valence-electron chi connectivity index (χ0n) is 13.4. The predicted molar refractivity (Wildman–Crippen MR) is 96.3 cm³/mol. The fourth-order valence-corrected chi connectivity index (χ4v) is 3.05. The van der Waals surface area contributed by atoms with E-state index in [1.54, 1.807) is 0 Å². The summed E-state index contributed by atoms with van der Waals surface area (Å²) in [6, 6.07) is 9.23. The van der Waals surface area contributed by atoms with Crippen molar-refractivity contribution in [1.82, 2.24) is 0 Å². The van der Waals surface area contributed by atoms with Gasteiger partial charge in [-0.2, -0.15) is 0 Å². The molecule has 2 aromatic carbocycles. The molecule has 0 radical (unpaired) electrons. The summed E-state index contributed by atoms with van der Waals surface area (Å²) in [6.45, 7) is 3.84. The van der Waals surface area contributed by atoms with Crippen LogP contribution in [0.25, 0.3) is 0 Å². The van der Waals surface area contributed by atoms with E-state index in [0.29, 0.717) is 5.69 Å². The molecular weight excluding hydrogens is 366 g/mol. The van der Waals surface area contributed by atoms with E-state index in [4.69, 9.17) is 23.2 Å². The molecule has 1 aliphatic heterocycles. The maximum absolute atomic E-state index is 13.3. The Morgan fingerprint density at radius 1 is 0.960 bits per heavy atom. The molecule has 0 aromatic heterocycles. The first-order valence-electron chi connectivity index (χ1n) is 7.37. The number of benzene rings is 2. The Morgan fingerprint density at radius 3 is 2.20 bits per heavy atom. The first-order chi connectivity index (χ1) is 11.8. The number of rotatable bonds is 3. The van der Waals surface area contributed by atoms with Crippen LogP contribution >= 0.6 is 23.2 Å². The second-order valence-electron chi connectivity index (χ2n) is 5.73. The van der Waals surface area contributed by atoms with Gasteiger partial charge in [0.25, 0.3) is 11.8 Å². The Bertz CT molecular complexity index is 920. The molecule has 2 amide bonds. The third-order valence-electron chi connectivity index (χ3n) is 3.68. The van der Waals surface area contributed by atoms with Gasteiger partial charge in [-0.1, -0.05) is 29.3 Å². The second-order valence-corrected chi connectivity index (χ2v) is 6.52. The molecule has 3 rings (SSSR count). The summed E-state index contributed by atoms with van der Waals surface area (Å²) in [5, 5.41) is 2.49. The Balaban J connectivity index is 1.95. The summed E-state index contributed by atoms with van der Waals surface area (Å²) in [6.07, 6.45) is 0. The molecule has 1 N–H and O–H groups in total. The summed E-state index contributed by atoms with van der Waals surface area (Å²) in [7, 11) is 0. The third-order valence-corrected chi connectivity index (χ3v) is 4.32. The van der Waals surface area contributed by atoms with E-state index < -0.39 is 17.6 Å². The van der Waals surface area contributed by atoms with Crippen molar-refractivity contribution >= 4 is 46.4 Å². The highest BCUT2D eigenvalue weighted by Crippen LogP contribution is 2.32. The van der Waals surface area contributed by atoms with E-state index in [2.05, 4.69) is 5.32 Å². The van der Waals surface area contributed by atoms with Crippen LogP contribution in [0.4, 0.5) is 15.8 Å². The summed E-state index contributed by atoms with van der Waals surface area (Å²) in [5.41, 5.74) is 2.76. The molecule has 1 aliphatic rings. The van der Waals surface area contributed by atoms with E-state index in [-0.39, 0.29) is 21.4 Å². The van der Waals surface area contributed by atoms with E-state index >= 15 is 0 Å². The van der Waals surface area contributed by atoms with Gasteiger partial charge in [0.2, 0.25) is 0 Å². The molecule has 0 saturated carbocycles. The minimum atomic E-state index is -0.693. The number of hydrogen-bond donors (Lipinski definition) is 1. The highest BCUT2D eigenvalue weighted by Gasteiger charge is 2.39. The molecule has 0 fully saturated rings. The lowest BCUT2D eigenvalue weighted by molar-refractivity contribution is -0.120. The maximum atomic E-state index is 13.3. The first kappa shape index (κ1) is 17.5. The summed E-state index contributed by atoms with van der Waals surface area (Å²) in [5.74, 6) is -1.96. The molecule has 7 heteroatoms. The van der Waals surface area contributed by atoms with Crippen LogP contribution in [0.1, 0.15) is 11.1 Å². The minimum Gasteiger partial charge on any atom is -0.350 e. The molecule has 0 saturated heterocycles. The average molecular weight is 379 g/mol. The normalized spacial score (nSPS) is 14.5. The van der Waals surface area contributed by atoms with Crippen LogP contribution in [0.2, 0.25) is 5.02 Å². The maximum Gasteiger partial charge on any atom is 0.283 e. The quantitative estimate of drug-likeness (QED) is 0.798. The highest BCUT2D eigenvalue weighted by molar-refractivity contribution is 6.53. The van der Waals surface area contributed by atoms with Gasteiger partial charge in [0.1, 0.15) is 16.5 Å².